The molecule has 1 aliphatic heterocycles. The van der Waals surface area contributed by atoms with Crippen LogP contribution in [0.4, 0.5) is 23.1 Å². The SMILES string of the molecule is Nc1nc2c(c(=O)[nH]1)NC(CNc1ccc(C(=O)NC(CCC(=O)O)C(=O)O)cc1)=CN2. The fourth-order valence-electron chi connectivity index (χ4n) is 2.86. The number of carboxylic acid groups (broad SMARTS) is 2. The van der Waals surface area contributed by atoms with Crippen LogP contribution in [0.3, 0.4) is 0 Å². The number of carboxylic acids is 2. The van der Waals surface area contributed by atoms with E-state index in [2.05, 4.69) is 31.2 Å². The van der Waals surface area contributed by atoms with Gasteiger partial charge in [0.15, 0.2) is 5.82 Å². The van der Waals surface area contributed by atoms with E-state index in [1.54, 1.807) is 18.3 Å². The summed E-state index contributed by atoms with van der Waals surface area (Å²) in [5, 5.41) is 29.1. The molecule has 2 aromatic rings. The van der Waals surface area contributed by atoms with Crippen molar-refractivity contribution in [1.29, 1.82) is 0 Å². The van der Waals surface area contributed by atoms with Crippen LogP contribution in [0.15, 0.2) is 41.0 Å². The average Bonchev–Trinajstić information content (AvgIpc) is 2.75. The van der Waals surface area contributed by atoms with Gasteiger partial charge in [-0.15, -0.1) is 0 Å². The number of fused-ring (bicyclic) bond motifs is 1. The largest absolute Gasteiger partial charge is 0.481 e. The highest BCUT2D eigenvalue weighted by atomic mass is 16.4. The molecule has 0 radical (unpaired) electrons. The van der Waals surface area contributed by atoms with Crippen molar-refractivity contribution in [2.75, 3.05) is 28.2 Å². The van der Waals surface area contributed by atoms with Gasteiger partial charge in [-0.1, -0.05) is 0 Å². The van der Waals surface area contributed by atoms with Gasteiger partial charge >= 0.3 is 11.9 Å². The van der Waals surface area contributed by atoms with Gasteiger partial charge < -0.3 is 37.2 Å². The second-order valence-electron chi connectivity index (χ2n) is 6.84. The first-order valence-electron chi connectivity index (χ1n) is 9.44. The smallest absolute Gasteiger partial charge is 0.326 e. The first kappa shape index (κ1) is 22.1. The number of nitrogens with two attached hydrogens (primary N) is 1. The number of H-pyrrole nitrogens is 1. The number of nitrogen functional groups attached to an aromatic ring is 1. The van der Waals surface area contributed by atoms with E-state index in [-0.39, 0.29) is 30.0 Å². The van der Waals surface area contributed by atoms with Crippen molar-refractivity contribution in [3.8, 4) is 0 Å². The van der Waals surface area contributed by atoms with Gasteiger partial charge in [-0.3, -0.25) is 19.4 Å². The Morgan fingerprint density at radius 2 is 1.88 bits per heavy atom. The first-order chi connectivity index (χ1) is 15.2. The van der Waals surface area contributed by atoms with Crippen LogP contribution >= 0.6 is 0 Å². The monoisotopic (exact) mass is 443 g/mol. The van der Waals surface area contributed by atoms with E-state index in [9.17, 15) is 19.2 Å². The van der Waals surface area contributed by atoms with Crippen LogP contribution in [0.5, 0.6) is 0 Å². The molecule has 9 N–H and O–H groups in total. The fraction of sp³-hybridized carbons (Fsp3) is 0.211. The van der Waals surface area contributed by atoms with E-state index in [0.29, 0.717) is 23.7 Å². The molecule has 0 bridgehead atoms. The topological polar surface area (TPSA) is 212 Å². The minimum atomic E-state index is -1.31. The zero-order valence-corrected chi connectivity index (χ0v) is 16.6. The minimum Gasteiger partial charge on any atom is -0.481 e. The molecule has 0 fully saturated rings. The number of carbonyl (C=O) groups is 3. The maximum Gasteiger partial charge on any atom is 0.326 e. The van der Waals surface area contributed by atoms with Crippen LogP contribution in [0.25, 0.3) is 0 Å². The summed E-state index contributed by atoms with van der Waals surface area (Å²) in [4.78, 5) is 52.5. The number of amides is 1. The van der Waals surface area contributed by atoms with Gasteiger partial charge in [-0.2, -0.15) is 4.98 Å². The quantitative estimate of drug-likeness (QED) is 0.262. The number of hydrogen-bond donors (Lipinski definition) is 8. The Morgan fingerprint density at radius 1 is 1.16 bits per heavy atom. The lowest BCUT2D eigenvalue weighted by atomic mass is 10.1. The van der Waals surface area contributed by atoms with E-state index < -0.39 is 29.4 Å². The summed E-state index contributed by atoms with van der Waals surface area (Å²) in [5.74, 6) is -2.77. The summed E-state index contributed by atoms with van der Waals surface area (Å²) >= 11 is 0. The molecule has 0 spiro atoms. The van der Waals surface area contributed by atoms with Crippen molar-refractivity contribution in [3.63, 3.8) is 0 Å². The minimum absolute atomic E-state index is 0.00119. The molecular formula is C19H21N7O6. The van der Waals surface area contributed by atoms with Crippen molar-refractivity contribution in [2.45, 2.75) is 18.9 Å². The second kappa shape index (κ2) is 9.51. The van der Waals surface area contributed by atoms with Crippen LogP contribution in [-0.4, -0.2) is 50.6 Å². The number of carbonyl (C=O) groups excluding carboxylic acids is 1. The number of aromatic nitrogens is 2. The van der Waals surface area contributed by atoms with Crippen LogP contribution in [0.2, 0.25) is 0 Å². The Balaban J connectivity index is 1.56. The summed E-state index contributed by atoms with van der Waals surface area (Å²) in [7, 11) is 0. The van der Waals surface area contributed by atoms with Crippen molar-refractivity contribution < 1.29 is 24.6 Å². The third-order valence-electron chi connectivity index (χ3n) is 4.49. The number of aromatic amines is 1. The normalized spacial score (nSPS) is 12.9. The molecule has 0 saturated carbocycles. The fourth-order valence-corrected chi connectivity index (χ4v) is 2.86. The molecule has 1 unspecified atom stereocenters. The Bertz CT molecular complexity index is 1130. The van der Waals surface area contributed by atoms with Crippen LogP contribution in [0, 0.1) is 0 Å². The Labute approximate surface area is 180 Å². The molecule has 13 heteroatoms. The van der Waals surface area contributed by atoms with Crippen LogP contribution in [-0.2, 0) is 9.59 Å². The van der Waals surface area contributed by atoms with Gasteiger partial charge in [-0.25, -0.2) is 4.79 Å². The van der Waals surface area contributed by atoms with E-state index in [0.717, 1.165) is 0 Å². The zero-order chi connectivity index (χ0) is 23.3. The third-order valence-corrected chi connectivity index (χ3v) is 4.49. The summed E-state index contributed by atoms with van der Waals surface area (Å²) < 4.78 is 0. The summed E-state index contributed by atoms with van der Waals surface area (Å²) in [6.07, 6.45) is 1.03. The Morgan fingerprint density at radius 3 is 2.53 bits per heavy atom. The number of benzene rings is 1. The molecule has 0 saturated heterocycles. The number of nitrogens with zero attached hydrogens (tertiary/aromatic N) is 1. The van der Waals surface area contributed by atoms with E-state index in [1.165, 1.54) is 12.1 Å². The molecule has 2 heterocycles. The lowest BCUT2D eigenvalue weighted by Crippen LogP contribution is -2.41. The van der Waals surface area contributed by atoms with Gasteiger partial charge in [0.25, 0.3) is 11.5 Å². The average molecular weight is 443 g/mol. The maximum atomic E-state index is 12.3. The predicted octanol–water partition coefficient (Wildman–Crippen LogP) is 0.191. The van der Waals surface area contributed by atoms with E-state index in [1.807, 2.05) is 0 Å². The zero-order valence-electron chi connectivity index (χ0n) is 16.6. The summed E-state index contributed by atoms with van der Waals surface area (Å²) in [6, 6.07) is 4.95. The van der Waals surface area contributed by atoms with Crippen molar-refractivity contribution in [2.24, 2.45) is 0 Å². The molecule has 168 valence electrons. The van der Waals surface area contributed by atoms with Crippen molar-refractivity contribution >= 4 is 41.0 Å². The molecule has 13 nitrogen and oxygen atoms in total. The Kier molecular flexibility index (Phi) is 6.58. The van der Waals surface area contributed by atoms with Gasteiger partial charge in [0.1, 0.15) is 11.7 Å². The highest BCUT2D eigenvalue weighted by Crippen LogP contribution is 2.21. The molecular weight excluding hydrogens is 422 g/mol. The highest BCUT2D eigenvalue weighted by Gasteiger charge is 2.21. The highest BCUT2D eigenvalue weighted by molar-refractivity contribution is 5.97. The maximum absolute atomic E-state index is 12.3. The van der Waals surface area contributed by atoms with Crippen LogP contribution < -0.4 is 32.6 Å². The first-order valence-corrected chi connectivity index (χ1v) is 9.44. The van der Waals surface area contributed by atoms with E-state index in [4.69, 9.17) is 15.9 Å². The number of nitrogens with one attached hydrogen (secondary N) is 5. The van der Waals surface area contributed by atoms with Crippen molar-refractivity contribution in [3.05, 3.63) is 52.1 Å². The molecule has 32 heavy (non-hydrogen) atoms. The standard InChI is InChI=1S/C19H21N7O6/c20-19-25-15-14(17(30)26-19)23-11(8-22-15)7-21-10-3-1-9(2-4-10)16(29)24-12(18(31)32)5-6-13(27)28/h1-4,8,12,21,23H,5-7H2,(H,24,29)(H,27,28)(H,31,32)(H4,20,22,25,26,30). The number of anilines is 4. The van der Waals surface area contributed by atoms with Crippen LogP contribution in [0.1, 0.15) is 23.2 Å². The molecule has 1 amide bonds. The number of aliphatic carboxylic acids is 2. The molecule has 0 aliphatic carbocycles. The van der Waals surface area contributed by atoms with Gasteiger partial charge in [0, 0.05) is 23.9 Å². The molecule has 1 atom stereocenters. The summed E-state index contributed by atoms with van der Waals surface area (Å²) in [5.41, 5.74) is 6.87. The summed E-state index contributed by atoms with van der Waals surface area (Å²) in [6.45, 7) is 0.318. The second-order valence-corrected chi connectivity index (χ2v) is 6.84. The van der Waals surface area contributed by atoms with E-state index >= 15 is 0 Å². The lowest BCUT2D eigenvalue weighted by Gasteiger charge is -2.19. The number of rotatable bonds is 9. The predicted molar refractivity (Wildman–Crippen MR) is 115 cm³/mol. The lowest BCUT2D eigenvalue weighted by molar-refractivity contribution is -0.140. The molecule has 1 aliphatic rings. The molecule has 3 rings (SSSR count). The Hall–Kier alpha value is -4.55. The van der Waals surface area contributed by atoms with Gasteiger partial charge in [-0.05, 0) is 30.7 Å². The van der Waals surface area contributed by atoms with Crippen molar-refractivity contribution in [1.82, 2.24) is 15.3 Å². The molecule has 1 aromatic carbocycles. The third kappa shape index (κ3) is 5.53. The number of hydrogen-bond acceptors (Lipinski definition) is 9. The molecule has 1 aromatic heterocycles. The van der Waals surface area contributed by atoms with Gasteiger partial charge in [0.05, 0.1) is 12.2 Å². The van der Waals surface area contributed by atoms with Gasteiger partial charge in [0.2, 0.25) is 5.95 Å².